The van der Waals surface area contributed by atoms with Gasteiger partial charge in [0.25, 0.3) is 0 Å². The lowest BCUT2D eigenvalue weighted by Gasteiger charge is -2.14. The van der Waals surface area contributed by atoms with Gasteiger partial charge >= 0.3 is 0 Å². The van der Waals surface area contributed by atoms with Gasteiger partial charge in [-0.2, -0.15) is 0 Å². The van der Waals surface area contributed by atoms with E-state index in [-0.39, 0.29) is 17.6 Å². The molecule has 1 unspecified atom stereocenters. The highest BCUT2D eigenvalue weighted by atomic mass is 79.9. The van der Waals surface area contributed by atoms with E-state index in [1.165, 1.54) is 18.1 Å². The first-order valence-corrected chi connectivity index (χ1v) is 7.57. The van der Waals surface area contributed by atoms with Crippen molar-refractivity contribution in [1.29, 1.82) is 0 Å². The Bertz CT molecular complexity index is 558. The Kier molecular flexibility index (Phi) is 4.96. The zero-order valence-electron chi connectivity index (χ0n) is 10.7. The van der Waals surface area contributed by atoms with Crippen molar-refractivity contribution in [3.05, 3.63) is 50.4 Å². The summed E-state index contributed by atoms with van der Waals surface area (Å²) in [6.45, 7) is 2.84. The maximum absolute atomic E-state index is 13.3. The van der Waals surface area contributed by atoms with Gasteiger partial charge in [-0.3, -0.25) is 0 Å². The number of thiophene rings is 1. The fraction of sp³-hybridized carbons (Fsp3) is 0.286. The van der Waals surface area contributed by atoms with Gasteiger partial charge < -0.3 is 10.1 Å². The normalized spacial score (nSPS) is 12.4. The molecule has 1 heterocycles. The summed E-state index contributed by atoms with van der Waals surface area (Å²) in [5.41, 5.74) is 1.01. The summed E-state index contributed by atoms with van der Waals surface area (Å²) in [6.07, 6.45) is 0. The molecule has 0 aliphatic heterocycles. The van der Waals surface area contributed by atoms with Crippen LogP contribution in [0.5, 0.6) is 5.75 Å². The van der Waals surface area contributed by atoms with Crippen LogP contribution in [0.4, 0.5) is 4.39 Å². The summed E-state index contributed by atoms with van der Waals surface area (Å²) < 4.78 is 19.4. The van der Waals surface area contributed by atoms with E-state index in [4.69, 9.17) is 4.74 Å². The Hall–Kier alpha value is -0.910. The van der Waals surface area contributed by atoms with Crippen LogP contribution in [0.25, 0.3) is 0 Å². The molecule has 5 heteroatoms. The molecule has 0 spiro atoms. The summed E-state index contributed by atoms with van der Waals surface area (Å²) in [6, 6.07) is 7.18. The number of benzene rings is 1. The highest BCUT2D eigenvalue weighted by Crippen LogP contribution is 2.24. The average molecular weight is 344 g/mol. The Morgan fingerprint density at radius 2 is 2.21 bits per heavy atom. The molecule has 0 saturated carbocycles. The van der Waals surface area contributed by atoms with Crippen LogP contribution in [0.15, 0.2) is 34.1 Å². The predicted octanol–water partition coefficient (Wildman–Crippen LogP) is 4.51. The van der Waals surface area contributed by atoms with E-state index in [0.717, 1.165) is 16.6 Å². The lowest BCUT2D eigenvalue weighted by molar-refractivity contribution is 0.385. The van der Waals surface area contributed by atoms with E-state index in [9.17, 15) is 4.39 Å². The fourth-order valence-electron chi connectivity index (χ4n) is 1.76. The third-order valence-corrected chi connectivity index (χ3v) is 4.58. The fourth-order valence-corrected chi connectivity index (χ4v) is 3.17. The number of hydrogen-bond acceptors (Lipinski definition) is 3. The minimum atomic E-state index is -0.333. The summed E-state index contributed by atoms with van der Waals surface area (Å²) in [4.78, 5) is 1.26. The molecule has 2 rings (SSSR count). The van der Waals surface area contributed by atoms with Gasteiger partial charge in [-0.15, -0.1) is 11.3 Å². The number of methoxy groups -OCH3 is 1. The number of ether oxygens (including phenoxy) is 1. The van der Waals surface area contributed by atoms with Gasteiger partial charge in [-0.25, -0.2) is 4.39 Å². The molecule has 0 bridgehead atoms. The number of hydrogen-bond donors (Lipinski definition) is 1. The van der Waals surface area contributed by atoms with Crippen LogP contribution >= 0.6 is 27.3 Å². The van der Waals surface area contributed by atoms with E-state index in [2.05, 4.69) is 39.6 Å². The quantitative estimate of drug-likeness (QED) is 0.862. The van der Waals surface area contributed by atoms with Gasteiger partial charge in [0.05, 0.1) is 7.11 Å². The second kappa shape index (κ2) is 6.50. The summed E-state index contributed by atoms with van der Waals surface area (Å²) in [5, 5.41) is 5.47. The Balaban J connectivity index is 2.01. The van der Waals surface area contributed by atoms with Crippen molar-refractivity contribution in [2.45, 2.75) is 19.5 Å². The van der Waals surface area contributed by atoms with E-state index in [1.54, 1.807) is 23.5 Å². The number of nitrogens with one attached hydrogen (secondary N) is 1. The predicted molar refractivity (Wildman–Crippen MR) is 80.2 cm³/mol. The highest BCUT2D eigenvalue weighted by molar-refractivity contribution is 9.10. The molecule has 1 aromatic heterocycles. The van der Waals surface area contributed by atoms with E-state index in [0.29, 0.717) is 0 Å². The molecular weight excluding hydrogens is 329 g/mol. The maximum atomic E-state index is 13.3. The molecule has 0 saturated heterocycles. The monoisotopic (exact) mass is 343 g/mol. The maximum Gasteiger partial charge on any atom is 0.165 e. The minimum absolute atomic E-state index is 0.135. The van der Waals surface area contributed by atoms with Crippen molar-refractivity contribution in [1.82, 2.24) is 5.32 Å². The molecule has 0 radical (unpaired) electrons. The first-order valence-electron chi connectivity index (χ1n) is 5.90. The number of halogens is 2. The molecule has 0 aliphatic carbocycles. The van der Waals surface area contributed by atoms with Crippen LogP contribution in [0.1, 0.15) is 23.4 Å². The largest absolute Gasteiger partial charge is 0.494 e. The molecule has 1 aromatic carbocycles. The van der Waals surface area contributed by atoms with Crippen molar-refractivity contribution in [3.63, 3.8) is 0 Å². The first-order chi connectivity index (χ1) is 9.10. The van der Waals surface area contributed by atoms with Gasteiger partial charge in [0, 0.05) is 27.3 Å². The standard InChI is InChI=1S/C14H15BrFNOS/c1-9(17-7-12-6-11(15)8-19-12)10-3-4-13(16)14(5-10)18-2/h3-6,8-9,17H,7H2,1-2H3. The summed E-state index contributed by atoms with van der Waals surface area (Å²) in [7, 11) is 1.48. The van der Waals surface area contributed by atoms with Gasteiger partial charge in [0.2, 0.25) is 0 Å². The van der Waals surface area contributed by atoms with Crippen molar-refractivity contribution < 1.29 is 9.13 Å². The second-order valence-corrected chi connectivity index (χ2v) is 6.14. The molecular formula is C14H15BrFNOS. The van der Waals surface area contributed by atoms with Gasteiger partial charge in [0.15, 0.2) is 11.6 Å². The highest BCUT2D eigenvalue weighted by Gasteiger charge is 2.09. The van der Waals surface area contributed by atoms with Gasteiger partial charge in [-0.1, -0.05) is 6.07 Å². The lowest BCUT2D eigenvalue weighted by Crippen LogP contribution is -2.17. The number of rotatable bonds is 5. The van der Waals surface area contributed by atoms with Crippen LogP contribution in [-0.2, 0) is 6.54 Å². The van der Waals surface area contributed by atoms with Gasteiger partial charge in [-0.05, 0) is 46.6 Å². The molecule has 102 valence electrons. The molecule has 0 fully saturated rings. The topological polar surface area (TPSA) is 21.3 Å². The molecule has 0 aliphatic rings. The third kappa shape index (κ3) is 3.78. The van der Waals surface area contributed by atoms with Crippen molar-refractivity contribution in [2.75, 3.05) is 7.11 Å². The van der Waals surface area contributed by atoms with E-state index in [1.807, 2.05) is 0 Å². The zero-order chi connectivity index (χ0) is 13.8. The molecule has 2 aromatic rings. The van der Waals surface area contributed by atoms with Crippen LogP contribution in [0, 0.1) is 5.82 Å². The molecule has 2 nitrogen and oxygen atoms in total. The Morgan fingerprint density at radius 3 is 2.84 bits per heavy atom. The minimum Gasteiger partial charge on any atom is -0.494 e. The second-order valence-electron chi connectivity index (χ2n) is 4.23. The SMILES string of the molecule is COc1cc(C(C)NCc2cc(Br)cs2)ccc1F. The smallest absolute Gasteiger partial charge is 0.165 e. The lowest BCUT2D eigenvalue weighted by atomic mass is 10.1. The zero-order valence-corrected chi connectivity index (χ0v) is 13.1. The van der Waals surface area contributed by atoms with Crippen LogP contribution in [0.3, 0.4) is 0 Å². The summed E-state index contributed by atoms with van der Waals surface area (Å²) in [5.74, 6) is -0.0503. The molecule has 1 atom stereocenters. The van der Waals surface area contributed by atoms with Gasteiger partial charge in [0.1, 0.15) is 0 Å². The van der Waals surface area contributed by atoms with Crippen molar-refractivity contribution in [2.24, 2.45) is 0 Å². The van der Waals surface area contributed by atoms with Crippen LogP contribution < -0.4 is 10.1 Å². The van der Waals surface area contributed by atoms with Crippen LogP contribution in [0.2, 0.25) is 0 Å². The van der Waals surface area contributed by atoms with E-state index < -0.39 is 0 Å². The first kappa shape index (κ1) is 14.5. The Morgan fingerprint density at radius 1 is 1.42 bits per heavy atom. The van der Waals surface area contributed by atoms with Crippen LogP contribution in [-0.4, -0.2) is 7.11 Å². The molecule has 0 amide bonds. The molecule has 1 N–H and O–H groups in total. The average Bonchev–Trinajstić information content (AvgIpc) is 2.82. The molecule has 19 heavy (non-hydrogen) atoms. The Labute approximate surface area is 124 Å². The summed E-state index contributed by atoms with van der Waals surface area (Å²) >= 11 is 5.14. The van der Waals surface area contributed by atoms with Crippen molar-refractivity contribution >= 4 is 27.3 Å². The third-order valence-electron chi connectivity index (χ3n) is 2.88. The van der Waals surface area contributed by atoms with Crippen molar-refractivity contribution in [3.8, 4) is 5.75 Å². The van der Waals surface area contributed by atoms with E-state index >= 15 is 0 Å².